The van der Waals surface area contributed by atoms with Gasteiger partial charge in [0.05, 0.1) is 11.1 Å². The lowest BCUT2D eigenvalue weighted by Crippen LogP contribution is -2.41. The molecule has 2 unspecified atom stereocenters. The lowest BCUT2D eigenvalue weighted by Gasteiger charge is -2.25. The van der Waals surface area contributed by atoms with Gasteiger partial charge in [-0.1, -0.05) is 55.6 Å². The SMILES string of the molecule is CCN(CC(O)CN(C)C)S(=O)(=O)c1cc(C2=NNC(C=NC3CCCCC3)S2)ccc1Cl. The maximum absolute atomic E-state index is 13.3. The number of likely N-dealkylation sites (N-methyl/N-ethyl adjacent to an activating group) is 2. The third-order valence-corrected chi connectivity index (χ3v) is 9.13. The van der Waals surface area contributed by atoms with E-state index in [-0.39, 0.29) is 28.4 Å². The van der Waals surface area contributed by atoms with Crippen LogP contribution in [-0.2, 0) is 10.0 Å². The van der Waals surface area contributed by atoms with Gasteiger partial charge in [0, 0.05) is 37.5 Å². The van der Waals surface area contributed by atoms with E-state index in [1.54, 1.807) is 25.1 Å². The Labute approximate surface area is 206 Å². The molecule has 0 bridgehead atoms. The third-order valence-electron chi connectivity index (χ3n) is 5.68. The zero-order valence-electron chi connectivity index (χ0n) is 19.4. The van der Waals surface area contributed by atoms with Gasteiger partial charge in [-0.3, -0.25) is 10.4 Å². The predicted molar refractivity (Wildman–Crippen MR) is 137 cm³/mol. The number of hydrogen-bond donors (Lipinski definition) is 2. The Hall–Kier alpha value is -1.17. The summed E-state index contributed by atoms with van der Waals surface area (Å²) in [6.07, 6.45) is 7.14. The van der Waals surface area contributed by atoms with Crippen LogP contribution in [0.4, 0.5) is 0 Å². The Kier molecular flexibility index (Phi) is 9.61. The molecule has 0 saturated heterocycles. The molecule has 1 fully saturated rings. The predicted octanol–water partition coefficient (Wildman–Crippen LogP) is 3.00. The summed E-state index contributed by atoms with van der Waals surface area (Å²) in [5.41, 5.74) is 3.74. The molecule has 1 saturated carbocycles. The molecular weight excluding hydrogens is 482 g/mol. The first-order valence-corrected chi connectivity index (χ1v) is 14.1. The first kappa shape index (κ1) is 26.4. The number of sulfonamides is 1. The van der Waals surface area contributed by atoms with Gasteiger partial charge in [-0.2, -0.15) is 9.41 Å². The Morgan fingerprint density at radius 2 is 2.03 bits per heavy atom. The topological polar surface area (TPSA) is 97.6 Å². The fourth-order valence-corrected chi connectivity index (χ4v) is 6.84. The third kappa shape index (κ3) is 7.16. The molecular formula is C22H34ClN5O3S2. The normalized spacial score (nSPS) is 21.1. The van der Waals surface area contributed by atoms with Crippen LogP contribution in [0, 0.1) is 0 Å². The van der Waals surface area contributed by atoms with Crippen molar-refractivity contribution in [1.29, 1.82) is 0 Å². The monoisotopic (exact) mass is 515 g/mol. The molecule has 1 heterocycles. The molecule has 11 heteroatoms. The highest BCUT2D eigenvalue weighted by Gasteiger charge is 2.29. The lowest BCUT2D eigenvalue weighted by molar-refractivity contribution is 0.115. The van der Waals surface area contributed by atoms with E-state index in [1.807, 2.05) is 25.2 Å². The van der Waals surface area contributed by atoms with Gasteiger partial charge >= 0.3 is 0 Å². The number of nitrogens with one attached hydrogen (secondary N) is 1. The van der Waals surface area contributed by atoms with Crippen molar-refractivity contribution >= 4 is 44.6 Å². The van der Waals surface area contributed by atoms with E-state index >= 15 is 0 Å². The van der Waals surface area contributed by atoms with Crippen LogP contribution in [0.5, 0.6) is 0 Å². The summed E-state index contributed by atoms with van der Waals surface area (Å²) in [5, 5.41) is 15.4. The highest BCUT2D eigenvalue weighted by atomic mass is 35.5. The molecule has 1 aromatic carbocycles. The second-order valence-corrected chi connectivity index (χ2v) is 12.1. The summed E-state index contributed by atoms with van der Waals surface area (Å²) in [4.78, 5) is 6.55. The summed E-state index contributed by atoms with van der Waals surface area (Å²) in [6, 6.07) is 5.31. The van der Waals surface area contributed by atoms with E-state index in [0.717, 1.165) is 12.8 Å². The van der Waals surface area contributed by atoms with Gasteiger partial charge in [-0.25, -0.2) is 8.42 Å². The van der Waals surface area contributed by atoms with Crippen LogP contribution in [0.15, 0.2) is 33.2 Å². The smallest absolute Gasteiger partial charge is 0.244 e. The second kappa shape index (κ2) is 12.0. The van der Waals surface area contributed by atoms with Crippen molar-refractivity contribution in [3.63, 3.8) is 0 Å². The van der Waals surface area contributed by atoms with Gasteiger partial charge in [-0.05, 0) is 39.1 Å². The number of hydrogen-bond acceptors (Lipinski definition) is 8. The minimum atomic E-state index is -3.89. The average Bonchev–Trinajstić information content (AvgIpc) is 3.25. The number of halogens is 1. The maximum atomic E-state index is 13.3. The Morgan fingerprint density at radius 3 is 2.70 bits per heavy atom. The Bertz CT molecular complexity index is 965. The van der Waals surface area contributed by atoms with Crippen LogP contribution < -0.4 is 5.43 Å². The molecule has 184 valence electrons. The van der Waals surface area contributed by atoms with Gasteiger partial charge in [0.15, 0.2) is 0 Å². The number of nitrogens with zero attached hydrogens (tertiary/aromatic N) is 4. The lowest BCUT2D eigenvalue weighted by atomic mass is 9.96. The molecule has 2 atom stereocenters. The average molecular weight is 516 g/mol. The van der Waals surface area contributed by atoms with E-state index < -0.39 is 16.1 Å². The van der Waals surface area contributed by atoms with E-state index in [2.05, 4.69) is 10.5 Å². The van der Waals surface area contributed by atoms with Crippen molar-refractivity contribution in [2.75, 3.05) is 33.7 Å². The number of hydrazone groups is 1. The fraction of sp³-hybridized carbons (Fsp3) is 0.636. The van der Waals surface area contributed by atoms with Crippen molar-refractivity contribution < 1.29 is 13.5 Å². The largest absolute Gasteiger partial charge is 0.390 e. The van der Waals surface area contributed by atoms with E-state index in [0.29, 0.717) is 23.2 Å². The summed E-state index contributed by atoms with van der Waals surface area (Å²) in [5.74, 6) is 0. The van der Waals surface area contributed by atoms with Crippen LogP contribution in [0.25, 0.3) is 0 Å². The molecule has 0 radical (unpaired) electrons. The molecule has 3 rings (SSSR count). The number of aliphatic hydroxyl groups is 1. The minimum Gasteiger partial charge on any atom is -0.390 e. The van der Waals surface area contributed by atoms with Crippen molar-refractivity contribution in [3.05, 3.63) is 28.8 Å². The van der Waals surface area contributed by atoms with Crippen molar-refractivity contribution in [1.82, 2.24) is 14.6 Å². The highest BCUT2D eigenvalue weighted by molar-refractivity contribution is 8.15. The zero-order valence-corrected chi connectivity index (χ0v) is 21.8. The highest BCUT2D eigenvalue weighted by Crippen LogP contribution is 2.30. The van der Waals surface area contributed by atoms with E-state index in [1.165, 1.54) is 35.3 Å². The van der Waals surface area contributed by atoms with Crippen molar-refractivity contribution in [2.24, 2.45) is 10.1 Å². The van der Waals surface area contributed by atoms with Crippen LogP contribution in [0.3, 0.4) is 0 Å². The number of benzene rings is 1. The summed E-state index contributed by atoms with van der Waals surface area (Å²) in [7, 11) is -0.233. The quantitative estimate of drug-likeness (QED) is 0.465. The van der Waals surface area contributed by atoms with Gasteiger partial charge in [0.25, 0.3) is 0 Å². The van der Waals surface area contributed by atoms with E-state index in [9.17, 15) is 13.5 Å². The molecule has 1 aliphatic carbocycles. The summed E-state index contributed by atoms with van der Waals surface area (Å²) in [6.45, 7) is 2.33. The van der Waals surface area contributed by atoms with E-state index in [4.69, 9.17) is 16.6 Å². The standard InChI is InChI=1S/C22H34ClN5O3S2/c1-4-28(15-18(29)14-27(2)3)33(30,31)20-12-16(10-11-19(20)23)22-26-25-21(32-22)13-24-17-8-6-5-7-9-17/h10-13,17-18,21,25,29H,4-9,14-15H2,1-3H3. The second-order valence-electron chi connectivity index (χ2n) is 8.69. The zero-order chi connectivity index (χ0) is 24.0. The van der Waals surface area contributed by atoms with Crippen LogP contribution in [0.1, 0.15) is 44.6 Å². The van der Waals surface area contributed by atoms with Crippen LogP contribution >= 0.6 is 23.4 Å². The Balaban J connectivity index is 1.72. The number of thioether (sulfide) groups is 1. The summed E-state index contributed by atoms with van der Waals surface area (Å²) < 4.78 is 28.0. The molecule has 1 aromatic rings. The molecule has 2 aliphatic rings. The molecule has 1 aliphatic heterocycles. The molecule has 8 nitrogen and oxygen atoms in total. The van der Waals surface area contributed by atoms with Crippen molar-refractivity contribution in [3.8, 4) is 0 Å². The number of rotatable bonds is 10. The number of aliphatic imine (C=N–C) groups is 1. The Morgan fingerprint density at radius 1 is 1.30 bits per heavy atom. The molecule has 33 heavy (non-hydrogen) atoms. The van der Waals surface area contributed by atoms with Crippen LogP contribution in [0.2, 0.25) is 5.02 Å². The van der Waals surface area contributed by atoms with Gasteiger partial charge in [-0.15, -0.1) is 0 Å². The first-order chi connectivity index (χ1) is 15.7. The molecule has 0 aromatic heterocycles. The molecule has 2 N–H and O–H groups in total. The van der Waals surface area contributed by atoms with Gasteiger partial charge < -0.3 is 10.0 Å². The number of aliphatic hydroxyl groups excluding tert-OH is 1. The molecule has 0 spiro atoms. The fourth-order valence-electron chi connectivity index (χ4n) is 4.01. The maximum Gasteiger partial charge on any atom is 0.244 e. The van der Waals surface area contributed by atoms with Crippen molar-refractivity contribution in [2.45, 2.75) is 61.4 Å². The first-order valence-electron chi connectivity index (χ1n) is 11.4. The van der Waals surface area contributed by atoms with Gasteiger partial charge in [0.1, 0.15) is 15.3 Å². The minimum absolute atomic E-state index is 0.00543. The van der Waals surface area contributed by atoms with Crippen LogP contribution in [-0.4, -0.2) is 85.2 Å². The summed E-state index contributed by atoms with van der Waals surface area (Å²) >= 11 is 7.82. The molecule has 0 amide bonds. The van der Waals surface area contributed by atoms with Gasteiger partial charge in [0.2, 0.25) is 10.0 Å².